The lowest BCUT2D eigenvalue weighted by atomic mass is 9.70. The van der Waals surface area contributed by atoms with E-state index in [1.54, 1.807) is 0 Å². The van der Waals surface area contributed by atoms with Crippen LogP contribution in [0.4, 0.5) is 0 Å². The molecule has 2 aliphatic rings. The Kier molecular flexibility index (Phi) is 4.46. The van der Waals surface area contributed by atoms with Gasteiger partial charge in [0.2, 0.25) is 0 Å². The molecule has 2 rings (SSSR count). The standard InChI is InChI=1S/C14H24N4/c15-10-14(8-5-9-14)11-17-13(16)18-12-6-3-1-2-4-7-12/h12H,1-9,11H2,(H3,16,17,18). The van der Waals surface area contributed by atoms with Crippen molar-refractivity contribution in [3.8, 4) is 6.07 Å². The van der Waals surface area contributed by atoms with E-state index in [1.165, 1.54) is 38.5 Å². The molecule has 0 radical (unpaired) electrons. The van der Waals surface area contributed by atoms with Gasteiger partial charge in [0.15, 0.2) is 5.96 Å². The fourth-order valence-corrected chi connectivity index (χ4v) is 2.82. The zero-order valence-corrected chi connectivity index (χ0v) is 11.1. The van der Waals surface area contributed by atoms with Crippen molar-refractivity contribution in [1.29, 1.82) is 5.26 Å². The Morgan fingerprint density at radius 3 is 2.39 bits per heavy atom. The van der Waals surface area contributed by atoms with Crippen LogP contribution in [-0.4, -0.2) is 18.5 Å². The third kappa shape index (κ3) is 3.38. The minimum atomic E-state index is -0.213. The Hall–Kier alpha value is -1.24. The second kappa shape index (κ2) is 6.08. The molecule has 0 aromatic carbocycles. The summed E-state index contributed by atoms with van der Waals surface area (Å²) in [6, 6.07) is 2.88. The molecule has 2 fully saturated rings. The quantitative estimate of drug-likeness (QED) is 0.457. The second-order valence-corrected chi connectivity index (χ2v) is 5.78. The van der Waals surface area contributed by atoms with E-state index < -0.39 is 0 Å². The van der Waals surface area contributed by atoms with Crippen LogP contribution >= 0.6 is 0 Å². The third-order valence-corrected chi connectivity index (χ3v) is 4.31. The minimum Gasteiger partial charge on any atom is -0.370 e. The van der Waals surface area contributed by atoms with Crippen LogP contribution in [0, 0.1) is 16.7 Å². The van der Waals surface area contributed by atoms with Gasteiger partial charge in [-0.15, -0.1) is 0 Å². The van der Waals surface area contributed by atoms with E-state index in [-0.39, 0.29) is 5.41 Å². The summed E-state index contributed by atoms with van der Waals surface area (Å²) in [7, 11) is 0. The van der Waals surface area contributed by atoms with Gasteiger partial charge in [-0.25, -0.2) is 0 Å². The molecule has 0 spiro atoms. The maximum Gasteiger partial charge on any atom is 0.188 e. The molecule has 3 N–H and O–H groups in total. The highest BCUT2D eigenvalue weighted by Gasteiger charge is 2.37. The molecule has 0 heterocycles. The van der Waals surface area contributed by atoms with Crippen molar-refractivity contribution in [3.05, 3.63) is 0 Å². The number of nitrogens with zero attached hydrogens (tertiary/aromatic N) is 2. The summed E-state index contributed by atoms with van der Waals surface area (Å²) in [5, 5.41) is 12.4. The molecule has 0 atom stereocenters. The van der Waals surface area contributed by atoms with E-state index in [9.17, 15) is 0 Å². The highest BCUT2D eigenvalue weighted by Crippen LogP contribution is 2.40. The lowest BCUT2D eigenvalue weighted by Crippen LogP contribution is -2.41. The monoisotopic (exact) mass is 248 g/mol. The number of hydrogen-bond donors (Lipinski definition) is 2. The van der Waals surface area contributed by atoms with Gasteiger partial charge in [0.05, 0.1) is 18.0 Å². The van der Waals surface area contributed by atoms with Crippen LogP contribution < -0.4 is 11.1 Å². The molecule has 2 aliphatic carbocycles. The number of rotatable bonds is 3. The van der Waals surface area contributed by atoms with Gasteiger partial charge in [0.1, 0.15) is 0 Å². The molecular weight excluding hydrogens is 224 g/mol. The molecule has 0 unspecified atom stereocenters. The van der Waals surface area contributed by atoms with E-state index in [0.29, 0.717) is 18.5 Å². The first-order chi connectivity index (χ1) is 8.74. The van der Waals surface area contributed by atoms with Crippen molar-refractivity contribution in [2.75, 3.05) is 6.54 Å². The average Bonchev–Trinajstić information content (AvgIpc) is 2.57. The predicted octanol–water partition coefficient (Wildman–Crippen LogP) is 2.31. The van der Waals surface area contributed by atoms with E-state index in [4.69, 9.17) is 11.0 Å². The van der Waals surface area contributed by atoms with Crippen LogP contribution in [0.5, 0.6) is 0 Å². The van der Waals surface area contributed by atoms with Crippen LogP contribution in [-0.2, 0) is 0 Å². The summed E-state index contributed by atoms with van der Waals surface area (Å²) in [5.74, 6) is 0.531. The van der Waals surface area contributed by atoms with Gasteiger partial charge in [-0.3, -0.25) is 4.99 Å². The average molecular weight is 248 g/mol. The fourth-order valence-electron chi connectivity index (χ4n) is 2.82. The van der Waals surface area contributed by atoms with Crippen molar-refractivity contribution in [2.45, 2.75) is 63.8 Å². The molecule has 4 heteroatoms. The van der Waals surface area contributed by atoms with Crippen LogP contribution in [0.25, 0.3) is 0 Å². The second-order valence-electron chi connectivity index (χ2n) is 5.78. The molecule has 4 nitrogen and oxygen atoms in total. The lowest BCUT2D eigenvalue weighted by molar-refractivity contribution is 0.226. The van der Waals surface area contributed by atoms with Crippen molar-refractivity contribution < 1.29 is 0 Å². The molecule has 100 valence electrons. The molecule has 0 bridgehead atoms. The smallest absolute Gasteiger partial charge is 0.188 e. The topological polar surface area (TPSA) is 74.2 Å². The summed E-state index contributed by atoms with van der Waals surface area (Å²) < 4.78 is 0. The fraction of sp³-hybridized carbons (Fsp3) is 0.857. The molecular formula is C14H24N4. The first-order valence-corrected chi connectivity index (χ1v) is 7.22. The summed E-state index contributed by atoms with van der Waals surface area (Å²) in [5.41, 5.74) is 5.71. The molecule has 0 saturated heterocycles. The molecule has 0 aromatic heterocycles. The van der Waals surface area contributed by atoms with Crippen LogP contribution in [0.1, 0.15) is 57.8 Å². The van der Waals surface area contributed by atoms with Crippen LogP contribution in [0.2, 0.25) is 0 Å². The number of guanidine groups is 1. The largest absolute Gasteiger partial charge is 0.370 e. The van der Waals surface area contributed by atoms with Gasteiger partial charge in [-0.1, -0.05) is 32.1 Å². The van der Waals surface area contributed by atoms with Crippen molar-refractivity contribution in [3.63, 3.8) is 0 Å². The Bertz CT molecular complexity index is 330. The SMILES string of the molecule is N#CC1(CN=C(N)NC2CCCCCC2)CCC1. The van der Waals surface area contributed by atoms with Gasteiger partial charge in [0.25, 0.3) is 0 Å². The molecule has 18 heavy (non-hydrogen) atoms. The highest BCUT2D eigenvalue weighted by molar-refractivity contribution is 5.78. The van der Waals surface area contributed by atoms with E-state index in [1.807, 2.05) is 0 Å². The van der Waals surface area contributed by atoms with E-state index in [2.05, 4.69) is 16.4 Å². The number of aliphatic imine (C=N–C) groups is 1. The van der Waals surface area contributed by atoms with Gasteiger partial charge >= 0.3 is 0 Å². The van der Waals surface area contributed by atoms with Gasteiger partial charge in [0, 0.05) is 6.04 Å². The maximum absolute atomic E-state index is 9.13. The van der Waals surface area contributed by atoms with Gasteiger partial charge in [-0.2, -0.15) is 5.26 Å². The third-order valence-electron chi connectivity index (χ3n) is 4.31. The van der Waals surface area contributed by atoms with Crippen molar-refractivity contribution in [2.24, 2.45) is 16.1 Å². The normalized spacial score (nSPS) is 24.7. The minimum absolute atomic E-state index is 0.213. The van der Waals surface area contributed by atoms with E-state index >= 15 is 0 Å². The lowest BCUT2D eigenvalue weighted by Gasteiger charge is -2.33. The number of nitriles is 1. The van der Waals surface area contributed by atoms with Crippen LogP contribution in [0.15, 0.2) is 4.99 Å². The van der Waals surface area contributed by atoms with Gasteiger partial charge < -0.3 is 11.1 Å². The zero-order valence-electron chi connectivity index (χ0n) is 11.1. The maximum atomic E-state index is 9.13. The number of nitrogens with one attached hydrogen (secondary N) is 1. The predicted molar refractivity (Wildman–Crippen MR) is 73.0 cm³/mol. The van der Waals surface area contributed by atoms with Crippen LogP contribution in [0.3, 0.4) is 0 Å². The summed E-state index contributed by atoms with van der Waals surface area (Å²) in [4.78, 5) is 4.37. The Morgan fingerprint density at radius 1 is 1.22 bits per heavy atom. The zero-order chi connectivity index (χ0) is 12.8. The number of hydrogen-bond acceptors (Lipinski definition) is 2. The molecule has 0 aliphatic heterocycles. The molecule has 0 amide bonds. The molecule has 2 saturated carbocycles. The Morgan fingerprint density at radius 2 is 1.89 bits per heavy atom. The summed E-state index contributed by atoms with van der Waals surface area (Å²) >= 11 is 0. The first kappa shape index (κ1) is 13.2. The summed E-state index contributed by atoms with van der Waals surface area (Å²) in [6.45, 7) is 0.565. The summed E-state index contributed by atoms with van der Waals surface area (Å²) in [6.07, 6.45) is 10.7. The van der Waals surface area contributed by atoms with E-state index in [0.717, 1.165) is 19.3 Å². The van der Waals surface area contributed by atoms with Crippen molar-refractivity contribution in [1.82, 2.24) is 5.32 Å². The number of nitrogens with two attached hydrogens (primary N) is 1. The highest BCUT2D eigenvalue weighted by atomic mass is 15.1. The first-order valence-electron chi connectivity index (χ1n) is 7.22. The van der Waals surface area contributed by atoms with Gasteiger partial charge in [-0.05, 0) is 25.7 Å². The Labute approximate surface area is 110 Å². The Balaban J connectivity index is 1.79. The molecule has 0 aromatic rings. The van der Waals surface area contributed by atoms with Crippen molar-refractivity contribution >= 4 is 5.96 Å².